The van der Waals surface area contributed by atoms with E-state index in [1.54, 1.807) is 6.08 Å². The Morgan fingerprint density at radius 2 is 2.25 bits per heavy atom. The molecule has 0 rings (SSSR count). The van der Waals surface area contributed by atoms with Gasteiger partial charge in [0.1, 0.15) is 12.0 Å². The van der Waals surface area contributed by atoms with Crippen LogP contribution in [-0.4, -0.2) is 11.5 Å². The predicted octanol–water partition coefficient (Wildman–Crippen LogP) is 2.53. The van der Waals surface area contributed by atoms with Crippen LogP contribution in [0.25, 0.3) is 0 Å². The number of hydrogen-bond acceptors (Lipinski definition) is 3. The zero-order valence-electron chi connectivity index (χ0n) is 7.45. The average molecular weight is 172 g/mol. The maximum absolute atomic E-state index is 9.97. The van der Waals surface area contributed by atoms with Crippen LogP contribution in [-0.2, 0) is 9.68 Å². The lowest BCUT2D eigenvalue weighted by molar-refractivity contribution is -0.206. The molecule has 1 N–H and O–H groups in total. The smallest absolute Gasteiger partial charge is 0.138 e. The van der Waals surface area contributed by atoms with Gasteiger partial charge in [-0.2, -0.15) is 0 Å². The molecule has 0 saturated carbocycles. The number of hydrogen-bond donors (Lipinski definition) is 1. The van der Waals surface area contributed by atoms with E-state index < -0.39 is 0 Å². The molecule has 0 aromatic carbocycles. The molecule has 0 unspecified atom stereocenters. The van der Waals surface area contributed by atoms with Gasteiger partial charge < -0.3 is 9.68 Å². The molecule has 0 atom stereocenters. The largest absolute Gasteiger partial charge is 0.345 e. The van der Waals surface area contributed by atoms with E-state index in [-0.39, 0.29) is 0 Å². The first-order valence-electron chi connectivity index (χ1n) is 4.29. The Morgan fingerprint density at radius 1 is 1.50 bits per heavy atom. The zero-order valence-corrected chi connectivity index (χ0v) is 7.45. The Hall–Kier alpha value is -0.830. The molecule has 0 saturated heterocycles. The molecule has 3 nitrogen and oxygen atoms in total. The molecule has 0 heterocycles. The second-order valence-electron chi connectivity index (χ2n) is 2.62. The molecule has 3 heteroatoms. The minimum absolute atomic E-state index is 0.308. The van der Waals surface area contributed by atoms with Gasteiger partial charge in [-0.1, -0.05) is 19.8 Å². The van der Waals surface area contributed by atoms with Crippen molar-refractivity contribution in [3.8, 4) is 0 Å². The topological polar surface area (TPSA) is 46.5 Å². The summed E-state index contributed by atoms with van der Waals surface area (Å²) in [5.41, 5.74) is 0. The Labute approximate surface area is 73.0 Å². The lowest BCUT2D eigenvalue weighted by atomic mass is 10.2. The summed E-state index contributed by atoms with van der Waals surface area (Å²) < 4.78 is 0. The number of carbonyl (C=O) groups excluding carboxylic acids is 1. The average Bonchev–Trinajstić information content (AvgIpc) is 2.11. The van der Waals surface area contributed by atoms with Crippen LogP contribution in [0.5, 0.6) is 0 Å². The minimum atomic E-state index is 0.308. The molecule has 0 fully saturated rings. The van der Waals surface area contributed by atoms with Crippen molar-refractivity contribution in [1.29, 1.82) is 0 Å². The Morgan fingerprint density at radius 3 is 2.75 bits per heavy atom. The third-order valence-electron chi connectivity index (χ3n) is 1.59. The van der Waals surface area contributed by atoms with E-state index in [4.69, 9.17) is 5.26 Å². The maximum atomic E-state index is 9.97. The Balaban J connectivity index is 3.58. The summed E-state index contributed by atoms with van der Waals surface area (Å²) in [6.07, 6.45) is 6.62. The van der Waals surface area contributed by atoms with Crippen molar-refractivity contribution >= 4 is 6.29 Å². The molecule has 0 aromatic heterocycles. The van der Waals surface area contributed by atoms with E-state index in [2.05, 4.69) is 11.8 Å². The summed E-state index contributed by atoms with van der Waals surface area (Å²) in [7, 11) is 0. The van der Waals surface area contributed by atoms with Gasteiger partial charge in [-0.15, -0.1) is 0 Å². The fourth-order valence-corrected chi connectivity index (χ4v) is 0.914. The summed E-state index contributed by atoms with van der Waals surface area (Å²) in [5, 5.41) is 8.37. The fourth-order valence-electron chi connectivity index (χ4n) is 0.914. The van der Waals surface area contributed by atoms with Crippen LogP contribution in [0, 0.1) is 0 Å². The zero-order chi connectivity index (χ0) is 9.23. The highest BCUT2D eigenvalue weighted by molar-refractivity contribution is 5.52. The molecular weight excluding hydrogens is 156 g/mol. The molecule has 70 valence electrons. The van der Waals surface area contributed by atoms with Gasteiger partial charge in [0.15, 0.2) is 0 Å². The van der Waals surface area contributed by atoms with E-state index in [9.17, 15) is 4.79 Å². The van der Waals surface area contributed by atoms with E-state index in [1.807, 2.05) is 0 Å². The van der Waals surface area contributed by atoms with Gasteiger partial charge >= 0.3 is 0 Å². The quantitative estimate of drug-likeness (QED) is 0.211. The molecule has 12 heavy (non-hydrogen) atoms. The normalized spacial score (nSPS) is 11.3. The van der Waals surface area contributed by atoms with E-state index in [0.29, 0.717) is 18.6 Å². The molecule has 0 aliphatic rings. The second-order valence-corrected chi connectivity index (χ2v) is 2.62. The van der Waals surface area contributed by atoms with Crippen molar-refractivity contribution in [2.24, 2.45) is 0 Å². The number of aldehydes is 1. The second kappa shape index (κ2) is 8.27. The molecule has 0 aliphatic heterocycles. The molecule has 0 radical (unpaired) electrons. The Kier molecular flexibility index (Phi) is 7.70. The van der Waals surface area contributed by atoms with Gasteiger partial charge in [-0.25, -0.2) is 5.26 Å². The molecule has 0 aromatic rings. The molecule has 0 aliphatic carbocycles. The SMILES string of the molecule is CCCCCC(=CCC=O)OO. The molecular formula is C9H16O3. The first-order chi connectivity index (χ1) is 5.85. The predicted molar refractivity (Wildman–Crippen MR) is 46.6 cm³/mol. The van der Waals surface area contributed by atoms with E-state index >= 15 is 0 Å². The monoisotopic (exact) mass is 172 g/mol. The highest BCUT2D eigenvalue weighted by Crippen LogP contribution is 2.09. The van der Waals surface area contributed by atoms with Gasteiger partial charge in [0.05, 0.1) is 0 Å². The van der Waals surface area contributed by atoms with Crippen molar-refractivity contribution in [3.05, 3.63) is 11.8 Å². The highest BCUT2D eigenvalue weighted by atomic mass is 17.1. The van der Waals surface area contributed by atoms with Gasteiger partial charge in [-0.3, -0.25) is 0 Å². The number of allylic oxidation sites excluding steroid dienone is 2. The molecule has 0 amide bonds. The third kappa shape index (κ3) is 5.92. The van der Waals surface area contributed by atoms with Crippen LogP contribution in [0.15, 0.2) is 11.8 Å². The van der Waals surface area contributed by atoms with Gasteiger partial charge in [0, 0.05) is 12.8 Å². The summed E-state index contributed by atoms with van der Waals surface area (Å²) >= 11 is 0. The Bertz CT molecular complexity index is 141. The maximum Gasteiger partial charge on any atom is 0.138 e. The number of carbonyl (C=O) groups is 1. The van der Waals surface area contributed by atoms with E-state index in [1.165, 1.54) is 0 Å². The lowest BCUT2D eigenvalue weighted by Gasteiger charge is -2.01. The standard InChI is InChI=1S/C9H16O3/c1-2-3-4-6-9(12-11)7-5-8-10/h7-8,11H,2-6H2,1H3. The summed E-state index contributed by atoms with van der Waals surface area (Å²) in [6.45, 7) is 2.11. The van der Waals surface area contributed by atoms with Crippen molar-refractivity contribution in [2.45, 2.75) is 39.0 Å². The van der Waals surface area contributed by atoms with Crippen molar-refractivity contribution in [2.75, 3.05) is 0 Å². The van der Waals surface area contributed by atoms with Crippen LogP contribution < -0.4 is 0 Å². The van der Waals surface area contributed by atoms with Crippen LogP contribution in [0.1, 0.15) is 39.0 Å². The first-order valence-corrected chi connectivity index (χ1v) is 4.29. The highest BCUT2D eigenvalue weighted by Gasteiger charge is 1.96. The fraction of sp³-hybridized carbons (Fsp3) is 0.667. The summed E-state index contributed by atoms with van der Waals surface area (Å²) in [6, 6.07) is 0. The number of rotatable bonds is 7. The van der Waals surface area contributed by atoms with Crippen LogP contribution in [0.2, 0.25) is 0 Å². The number of unbranched alkanes of at least 4 members (excludes halogenated alkanes) is 2. The minimum Gasteiger partial charge on any atom is -0.345 e. The first kappa shape index (κ1) is 11.2. The lowest BCUT2D eigenvalue weighted by Crippen LogP contribution is -1.88. The van der Waals surface area contributed by atoms with Crippen LogP contribution >= 0.6 is 0 Å². The van der Waals surface area contributed by atoms with Gasteiger partial charge in [0.2, 0.25) is 0 Å². The summed E-state index contributed by atoms with van der Waals surface area (Å²) in [4.78, 5) is 14.1. The van der Waals surface area contributed by atoms with Crippen molar-refractivity contribution in [3.63, 3.8) is 0 Å². The summed E-state index contributed by atoms with van der Waals surface area (Å²) in [5.74, 6) is 0.496. The van der Waals surface area contributed by atoms with Crippen LogP contribution in [0.4, 0.5) is 0 Å². The molecule has 0 spiro atoms. The van der Waals surface area contributed by atoms with Gasteiger partial charge in [0.25, 0.3) is 0 Å². The third-order valence-corrected chi connectivity index (χ3v) is 1.59. The van der Waals surface area contributed by atoms with Crippen LogP contribution in [0.3, 0.4) is 0 Å². The van der Waals surface area contributed by atoms with E-state index in [0.717, 1.165) is 25.5 Å². The van der Waals surface area contributed by atoms with Crippen molar-refractivity contribution in [1.82, 2.24) is 0 Å². The molecule has 0 bridgehead atoms. The van der Waals surface area contributed by atoms with Gasteiger partial charge in [-0.05, 0) is 12.5 Å². The van der Waals surface area contributed by atoms with Crippen molar-refractivity contribution < 1.29 is 14.9 Å².